The van der Waals surface area contributed by atoms with E-state index in [9.17, 15) is 9.18 Å². The third kappa shape index (κ3) is 2.67. The molecule has 0 fully saturated rings. The molecule has 0 amide bonds. The second-order valence-electron chi connectivity index (χ2n) is 5.59. The van der Waals surface area contributed by atoms with Crippen molar-refractivity contribution in [1.82, 2.24) is 14.8 Å². The molecule has 0 saturated carbocycles. The molecule has 2 aromatic heterocycles. The molecular weight excluding hydrogens is 297 g/mol. The maximum absolute atomic E-state index is 13.4. The SMILES string of the molecule is Cc1nn(-c2cc(C)c3cc(F)ccc3n2)c(C)c1CC(=O)O. The second-order valence-corrected chi connectivity index (χ2v) is 5.59. The lowest BCUT2D eigenvalue weighted by Crippen LogP contribution is -2.05. The zero-order valence-corrected chi connectivity index (χ0v) is 13.1. The van der Waals surface area contributed by atoms with Crippen molar-refractivity contribution in [2.45, 2.75) is 27.2 Å². The molecule has 3 rings (SSSR count). The summed E-state index contributed by atoms with van der Waals surface area (Å²) in [5.41, 5.74) is 3.67. The van der Waals surface area contributed by atoms with Crippen molar-refractivity contribution in [3.8, 4) is 5.82 Å². The van der Waals surface area contributed by atoms with Gasteiger partial charge in [0.15, 0.2) is 5.82 Å². The molecule has 0 spiro atoms. The van der Waals surface area contributed by atoms with E-state index in [1.807, 2.05) is 19.9 Å². The van der Waals surface area contributed by atoms with Crippen LogP contribution < -0.4 is 0 Å². The van der Waals surface area contributed by atoms with Gasteiger partial charge in [0.25, 0.3) is 0 Å². The van der Waals surface area contributed by atoms with Gasteiger partial charge in [-0.2, -0.15) is 5.10 Å². The Morgan fingerprint density at radius 2 is 2.00 bits per heavy atom. The lowest BCUT2D eigenvalue weighted by Gasteiger charge is -2.08. The molecule has 0 saturated heterocycles. The van der Waals surface area contributed by atoms with Crippen LogP contribution in [-0.4, -0.2) is 25.8 Å². The number of carbonyl (C=O) groups is 1. The molecule has 0 bridgehead atoms. The van der Waals surface area contributed by atoms with Gasteiger partial charge in [0, 0.05) is 16.6 Å². The molecule has 23 heavy (non-hydrogen) atoms. The first-order valence-electron chi connectivity index (χ1n) is 7.21. The second kappa shape index (κ2) is 5.46. The number of aryl methyl sites for hydroxylation is 2. The van der Waals surface area contributed by atoms with E-state index >= 15 is 0 Å². The number of carboxylic acid groups (broad SMARTS) is 1. The van der Waals surface area contributed by atoms with Gasteiger partial charge in [-0.3, -0.25) is 4.79 Å². The van der Waals surface area contributed by atoms with Crippen LogP contribution in [0.1, 0.15) is 22.5 Å². The fraction of sp³-hybridized carbons (Fsp3) is 0.235. The Morgan fingerprint density at radius 1 is 1.26 bits per heavy atom. The minimum Gasteiger partial charge on any atom is -0.481 e. The van der Waals surface area contributed by atoms with Gasteiger partial charge < -0.3 is 5.11 Å². The van der Waals surface area contributed by atoms with E-state index in [-0.39, 0.29) is 12.2 Å². The number of hydrogen-bond acceptors (Lipinski definition) is 3. The summed E-state index contributed by atoms with van der Waals surface area (Å²) < 4.78 is 15.0. The first kappa shape index (κ1) is 15.1. The number of nitrogens with zero attached hydrogens (tertiary/aromatic N) is 3. The number of halogens is 1. The summed E-state index contributed by atoms with van der Waals surface area (Å²) in [7, 11) is 0. The molecule has 0 aliphatic carbocycles. The summed E-state index contributed by atoms with van der Waals surface area (Å²) in [6.45, 7) is 5.49. The van der Waals surface area contributed by atoms with Gasteiger partial charge >= 0.3 is 5.97 Å². The Labute approximate surface area is 132 Å². The average molecular weight is 313 g/mol. The molecule has 0 aliphatic heterocycles. The van der Waals surface area contributed by atoms with Gasteiger partial charge in [0.1, 0.15) is 5.82 Å². The van der Waals surface area contributed by atoms with Crippen LogP contribution in [0.3, 0.4) is 0 Å². The number of fused-ring (bicyclic) bond motifs is 1. The maximum Gasteiger partial charge on any atom is 0.307 e. The first-order valence-corrected chi connectivity index (χ1v) is 7.21. The zero-order valence-electron chi connectivity index (χ0n) is 13.1. The molecule has 0 atom stereocenters. The normalized spacial score (nSPS) is 11.1. The molecule has 1 N–H and O–H groups in total. The Hall–Kier alpha value is -2.76. The van der Waals surface area contributed by atoms with E-state index in [1.165, 1.54) is 12.1 Å². The number of aromatic nitrogens is 3. The van der Waals surface area contributed by atoms with Gasteiger partial charge in [-0.05, 0) is 50.6 Å². The monoisotopic (exact) mass is 313 g/mol. The molecule has 1 aromatic carbocycles. The maximum atomic E-state index is 13.4. The van der Waals surface area contributed by atoms with Crippen LogP contribution in [0.25, 0.3) is 16.7 Å². The zero-order chi connectivity index (χ0) is 16.7. The van der Waals surface area contributed by atoms with Crippen molar-refractivity contribution in [2.24, 2.45) is 0 Å². The molecule has 0 unspecified atom stereocenters. The molecule has 2 heterocycles. The Morgan fingerprint density at radius 3 is 2.70 bits per heavy atom. The number of rotatable bonds is 3. The predicted octanol–water partition coefficient (Wildman–Crippen LogP) is 3.11. The summed E-state index contributed by atoms with van der Waals surface area (Å²) in [6.07, 6.45) is -0.0740. The minimum atomic E-state index is -0.895. The van der Waals surface area contributed by atoms with Crippen molar-refractivity contribution in [2.75, 3.05) is 0 Å². The van der Waals surface area contributed by atoms with Gasteiger partial charge in [-0.25, -0.2) is 14.1 Å². The quantitative estimate of drug-likeness (QED) is 0.806. The number of pyridine rings is 1. The number of hydrogen-bond donors (Lipinski definition) is 1. The molecule has 6 heteroatoms. The van der Waals surface area contributed by atoms with Crippen molar-refractivity contribution < 1.29 is 14.3 Å². The van der Waals surface area contributed by atoms with E-state index in [1.54, 1.807) is 17.7 Å². The third-order valence-corrected chi connectivity index (χ3v) is 3.95. The van der Waals surface area contributed by atoms with E-state index in [2.05, 4.69) is 10.1 Å². The van der Waals surface area contributed by atoms with Crippen LogP contribution in [-0.2, 0) is 11.2 Å². The highest BCUT2D eigenvalue weighted by atomic mass is 19.1. The molecule has 5 nitrogen and oxygen atoms in total. The van der Waals surface area contributed by atoms with Crippen LogP contribution in [0.5, 0.6) is 0 Å². The van der Waals surface area contributed by atoms with E-state index < -0.39 is 5.97 Å². The summed E-state index contributed by atoms with van der Waals surface area (Å²) in [5, 5.41) is 14.2. The third-order valence-electron chi connectivity index (χ3n) is 3.95. The van der Waals surface area contributed by atoms with Crippen molar-refractivity contribution in [3.05, 3.63) is 52.6 Å². The highest BCUT2D eigenvalue weighted by molar-refractivity contribution is 5.83. The highest BCUT2D eigenvalue weighted by Gasteiger charge is 2.16. The number of aliphatic carboxylic acids is 1. The highest BCUT2D eigenvalue weighted by Crippen LogP contribution is 2.23. The number of benzene rings is 1. The fourth-order valence-corrected chi connectivity index (χ4v) is 2.76. The molecule has 118 valence electrons. The predicted molar refractivity (Wildman–Crippen MR) is 84.4 cm³/mol. The standard InChI is InChI=1S/C17H16FN3O2/c1-9-6-16(19-15-5-4-12(18)7-13(9)15)21-11(3)14(8-17(22)23)10(2)20-21/h4-7H,8H2,1-3H3,(H,22,23). The number of carboxylic acids is 1. The van der Waals surface area contributed by atoms with Crippen LogP contribution in [0.4, 0.5) is 4.39 Å². The van der Waals surface area contributed by atoms with Gasteiger partial charge in [-0.1, -0.05) is 0 Å². The van der Waals surface area contributed by atoms with Crippen molar-refractivity contribution >= 4 is 16.9 Å². The molecule has 3 aromatic rings. The molecule has 0 radical (unpaired) electrons. The Balaban J connectivity index is 2.17. The fourth-order valence-electron chi connectivity index (χ4n) is 2.76. The molecular formula is C17H16FN3O2. The average Bonchev–Trinajstić information content (AvgIpc) is 2.75. The summed E-state index contributed by atoms with van der Waals surface area (Å²) in [6, 6.07) is 6.28. The summed E-state index contributed by atoms with van der Waals surface area (Å²) >= 11 is 0. The van der Waals surface area contributed by atoms with Crippen LogP contribution in [0.2, 0.25) is 0 Å². The van der Waals surface area contributed by atoms with E-state index in [4.69, 9.17) is 5.11 Å². The van der Waals surface area contributed by atoms with Crippen LogP contribution >= 0.6 is 0 Å². The van der Waals surface area contributed by atoms with Crippen LogP contribution in [0, 0.1) is 26.6 Å². The van der Waals surface area contributed by atoms with Crippen LogP contribution in [0.15, 0.2) is 24.3 Å². The molecule has 0 aliphatic rings. The lowest BCUT2D eigenvalue weighted by molar-refractivity contribution is -0.136. The lowest BCUT2D eigenvalue weighted by atomic mass is 10.1. The topological polar surface area (TPSA) is 68.0 Å². The van der Waals surface area contributed by atoms with Crippen molar-refractivity contribution in [3.63, 3.8) is 0 Å². The largest absolute Gasteiger partial charge is 0.481 e. The first-order chi connectivity index (χ1) is 10.9. The van der Waals surface area contributed by atoms with Gasteiger partial charge in [-0.15, -0.1) is 0 Å². The van der Waals surface area contributed by atoms with E-state index in [0.29, 0.717) is 22.6 Å². The summed E-state index contributed by atoms with van der Waals surface area (Å²) in [5.74, 6) is -0.599. The minimum absolute atomic E-state index is 0.0740. The Kier molecular flexibility index (Phi) is 3.60. The van der Waals surface area contributed by atoms with E-state index in [0.717, 1.165) is 16.6 Å². The van der Waals surface area contributed by atoms with Crippen molar-refractivity contribution in [1.29, 1.82) is 0 Å². The smallest absolute Gasteiger partial charge is 0.307 e. The Bertz CT molecular complexity index is 931. The summed E-state index contributed by atoms with van der Waals surface area (Å²) in [4.78, 5) is 15.5. The van der Waals surface area contributed by atoms with Gasteiger partial charge in [0.05, 0.1) is 17.6 Å². The van der Waals surface area contributed by atoms with Gasteiger partial charge in [0.2, 0.25) is 0 Å².